The van der Waals surface area contributed by atoms with E-state index < -0.39 is 0 Å². The van der Waals surface area contributed by atoms with Gasteiger partial charge in [0.05, 0.1) is 12.8 Å². The van der Waals surface area contributed by atoms with Crippen LogP contribution in [0.3, 0.4) is 0 Å². The van der Waals surface area contributed by atoms with Crippen molar-refractivity contribution < 1.29 is 4.74 Å². The van der Waals surface area contributed by atoms with Gasteiger partial charge in [0.25, 0.3) is 0 Å². The molecule has 1 unspecified atom stereocenters. The summed E-state index contributed by atoms with van der Waals surface area (Å²) < 4.78 is 5.41. The number of nitrogens with zero attached hydrogens (tertiary/aromatic N) is 1. The summed E-state index contributed by atoms with van der Waals surface area (Å²) in [6.07, 6.45) is 5.20. The predicted molar refractivity (Wildman–Crippen MR) is 96.9 cm³/mol. The molecule has 0 saturated carbocycles. The molecule has 0 aliphatic carbocycles. The van der Waals surface area contributed by atoms with Crippen LogP contribution < -0.4 is 20.7 Å². The van der Waals surface area contributed by atoms with Gasteiger partial charge in [-0.2, -0.15) is 0 Å². The number of likely N-dealkylation sites (N-methyl/N-ethyl adjacent to an activating group) is 1. The van der Waals surface area contributed by atoms with E-state index in [4.69, 9.17) is 9.73 Å². The van der Waals surface area contributed by atoms with E-state index in [1.807, 2.05) is 24.3 Å². The smallest absolute Gasteiger partial charge is 0.202 e. The van der Waals surface area contributed by atoms with E-state index in [1.165, 1.54) is 5.70 Å². The van der Waals surface area contributed by atoms with Gasteiger partial charge in [-0.25, -0.2) is 4.99 Å². The number of ether oxygens (including phenoxy) is 1. The number of guanidine groups is 1. The lowest BCUT2D eigenvalue weighted by molar-refractivity contribution is 0.404. The molecule has 0 bridgehead atoms. The molecular formula is C18H28N4O. The topological polar surface area (TPSA) is 57.7 Å². The summed E-state index contributed by atoms with van der Waals surface area (Å²) in [5.74, 6) is 1.55. The van der Waals surface area contributed by atoms with Crippen LogP contribution in [-0.2, 0) is 0 Å². The third-order valence-corrected chi connectivity index (χ3v) is 3.90. The second-order valence-electron chi connectivity index (χ2n) is 5.64. The van der Waals surface area contributed by atoms with E-state index in [0.29, 0.717) is 0 Å². The summed E-state index contributed by atoms with van der Waals surface area (Å²) in [4.78, 5) is 4.88. The fraction of sp³-hybridized carbons (Fsp3) is 0.500. The van der Waals surface area contributed by atoms with Crippen molar-refractivity contribution >= 4 is 11.6 Å². The Bertz CT molecular complexity index is 582. The third-order valence-electron chi connectivity index (χ3n) is 3.90. The Morgan fingerprint density at radius 2 is 2.00 bits per heavy atom. The summed E-state index contributed by atoms with van der Waals surface area (Å²) in [7, 11) is 1.67. The molecule has 1 heterocycles. The SMILES string of the molecule is CCCC1=CC(CC)(NCC)N=C(Nc2ccccc2OC)N1. The first kappa shape index (κ1) is 17.3. The lowest BCUT2D eigenvalue weighted by Crippen LogP contribution is -2.48. The highest BCUT2D eigenvalue weighted by Gasteiger charge is 2.29. The first-order valence-corrected chi connectivity index (χ1v) is 8.40. The van der Waals surface area contributed by atoms with Crippen LogP contribution in [0.15, 0.2) is 41.0 Å². The number of hydrogen-bond donors (Lipinski definition) is 3. The first-order valence-electron chi connectivity index (χ1n) is 8.40. The van der Waals surface area contributed by atoms with E-state index in [-0.39, 0.29) is 5.66 Å². The number of methoxy groups -OCH3 is 1. The Morgan fingerprint density at radius 1 is 1.22 bits per heavy atom. The van der Waals surface area contributed by atoms with Gasteiger partial charge in [0.15, 0.2) is 0 Å². The molecule has 0 saturated heterocycles. The van der Waals surface area contributed by atoms with Gasteiger partial charge in [-0.05, 0) is 37.6 Å². The Balaban J connectivity index is 2.29. The highest BCUT2D eigenvalue weighted by Crippen LogP contribution is 2.26. The fourth-order valence-corrected chi connectivity index (χ4v) is 2.78. The van der Waals surface area contributed by atoms with Gasteiger partial charge in [-0.1, -0.05) is 39.3 Å². The summed E-state index contributed by atoms with van der Waals surface area (Å²) in [5.41, 5.74) is 1.75. The first-order chi connectivity index (χ1) is 11.2. The predicted octanol–water partition coefficient (Wildman–Crippen LogP) is 3.47. The molecule has 1 aliphatic rings. The van der Waals surface area contributed by atoms with Crippen LogP contribution in [0, 0.1) is 0 Å². The molecule has 1 aromatic carbocycles. The molecule has 23 heavy (non-hydrogen) atoms. The van der Waals surface area contributed by atoms with Crippen molar-refractivity contribution in [3.05, 3.63) is 36.0 Å². The van der Waals surface area contributed by atoms with Crippen LogP contribution in [0.5, 0.6) is 5.75 Å². The molecule has 0 radical (unpaired) electrons. The van der Waals surface area contributed by atoms with E-state index >= 15 is 0 Å². The number of aliphatic imine (C=N–C) groups is 1. The van der Waals surface area contributed by atoms with Crippen LogP contribution in [-0.4, -0.2) is 25.3 Å². The maximum absolute atomic E-state index is 5.41. The monoisotopic (exact) mass is 316 g/mol. The number of nitrogens with one attached hydrogen (secondary N) is 3. The average Bonchev–Trinajstić information content (AvgIpc) is 2.56. The number of benzene rings is 1. The zero-order chi connectivity index (χ0) is 16.7. The molecule has 1 aromatic rings. The third kappa shape index (κ3) is 4.26. The van der Waals surface area contributed by atoms with Gasteiger partial charge in [0.1, 0.15) is 11.4 Å². The largest absolute Gasteiger partial charge is 0.495 e. The van der Waals surface area contributed by atoms with E-state index in [9.17, 15) is 0 Å². The lowest BCUT2D eigenvalue weighted by Gasteiger charge is -2.33. The van der Waals surface area contributed by atoms with Crippen LogP contribution in [0.2, 0.25) is 0 Å². The minimum Gasteiger partial charge on any atom is -0.495 e. The molecule has 126 valence electrons. The van der Waals surface area contributed by atoms with Crippen molar-refractivity contribution in [1.82, 2.24) is 10.6 Å². The van der Waals surface area contributed by atoms with Crippen molar-refractivity contribution in [3.8, 4) is 5.75 Å². The highest BCUT2D eigenvalue weighted by molar-refractivity contribution is 5.97. The number of anilines is 1. The zero-order valence-corrected chi connectivity index (χ0v) is 14.6. The minimum absolute atomic E-state index is 0.352. The Morgan fingerprint density at radius 3 is 2.65 bits per heavy atom. The second-order valence-corrected chi connectivity index (χ2v) is 5.64. The molecule has 0 amide bonds. The standard InChI is InChI=1S/C18H28N4O/c1-5-10-14-13-18(6-2,19-7-3)22-17(20-14)21-15-11-8-9-12-16(15)23-4/h8-9,11-13,19H,5-7,10H2,1-4H3,(H2,20,21,22). The summed E-state index contributed by atoms with van der Waals surface area (Å²) in [6.45, 7) is 7.31. The molecule has 5 nitrogen and oxygen atoms in total. The number of rotatable bonds is 7. The number of hydrogen-bond acceptors (Lipinski definition) is 5. The lowest BCUT2D eigenvalue weighted by atomic mass is 10.0. The van der Waals surface area contributed by atoms with Crippen molar-refractivity contribution in [1.29, 1.82) is 0 Å². The van der Waals surface area contributed by atoms with Crippen molar-refractivity contribution in [2.24, 2.45) is 4.99 Å². The Kier molecular flexibility index (Phi) is 6.04. The molecule has 5 heteroatoms. The highest BCUT2D eigenvalue weighted by atomic mass is 16.5. The molecule has 0 aromatic heterocycles. The van der Waals surface area contributed by atoms with Gasteiger partial charge >= 0.3 is 0 Å². The Labute approximate surface area is 139 Å². The van der Waals surface area contributed by atoms with Gasteiger partial charge in [0, 0.05) is 5.70 Å². The molecule has 0 spiro atoms. The molecule has 3 N–H and O–H groups in total. The fourth-order valence-electron chi connectivity index (χ4n) is 2.78. The van der Waals surface area contributed by atoms with Gasteiger partial charge in [0.2, 0.25) is 5.96 Å². The van der Waals surface area contributed by atoms with Crippen LogP contribution in [0.4, 0.5) is 5.69 Å². The van der Waals surface area contributed by atoms with Gasteiger partial charge in [-0.3, -0.25) is 5.32 Å². The van der Waals surface area contributed by atoms with Gasteiger partial charge in [-0.15, -0.1) is 0 Å². The van der Waals surface area contributed by atoms with Crippen LogP contribution in [0.25, 0.3) is 0 Å². The molecular weight excluding hydrogens is 288 g/mol. The Hall–Kier alpha value is -2.01. The van der Waals surface area contributed by atoms with Gasteiger partial charge < -0.3 is 15.4 Å². The maximum atomic E-state index is 5.41. The normalized spacial score (nSPS) is 20.3. The molecule has 2 rings (SSSR count). The maximum Gasteiger partial charge on any atom is 0.202 e. The van der Waals surface area contributed by atoms with E-state index in [2.05, 4.69) is 42.8 Å². The summed E-state index contributed by atoms with van der Waals surface area (Å²) in [5, 5.41) is 10.3. The van der Waals surface area contributed by atoms with Crippen LogP contribution >= 0.6 is 0 Å². The van der Waals surface area contributed by atoms with Crippen LogP contribution in [0.1, 0.15) is 40.0 Å². The quantitative estimate of drug-likeness (QED) is 0.721. The zero-order valence-electron chi connectivity index (χ0n) is 14.6. The van der Waals surface area contributed by atoms with Crippen molar-refractivity contribution in [2.45, 2.75) is 45.7 Å². The molecule has 0 fully saturated rings. The average molecular weight is 316 g/mol. The van der Waals surface area contributed by atoms with E-state index in [1.54, 1.807) is 7.11 Å². The summed E-state index contributed by atoms with van der Waals surface area (Å²) in [6, 6.07) is 7.86. The summed E-state index contributed by atoms with van der Waals surface area (Å²) >= 11 is 0. The van der Waals surface area contributed by atoms with E-state index in [0.717, 1.165) is 43.2 Å². The molecule has 1 atom stereocenters. The van der Waals surface area contributed by atoms with Crippen molar-refractivity contribution in [3.63, 3.8) is 0 Å². The van der Waals surface area contributed by atoms with Crippen molar-refractivity contribution in [2.75, 3.05) is 19.0 Å². The number of para-hydroxylation sites is 2. The second kappa shape index (κ2) is 8.02. The number of allylic oxidation sites excluding steroid dienone is 1. The molecule has 1 aliphatic heterocycles. The minimum atomic E-state index is -0.352.